The third kappa shape index (κ3) is 4.00. The summed E-state index contributed by atoms with van der Waals surface area (Å²) in [6.45, 7) is 5.74. The van der Waals surface area contributed by atoms with Crippen molar-refractivity contribution in [2.45, 2.75) is 76.9 Å². The first kappa shape index (κ1) is 21.3. The first-order valence-corrected chi connectivity index (χ1v) is 10.5. The molecule has 2 heterocycles. The number of halogens is 1. The highest BCUT2D eigenvalue weighted by atomic mass is 19.1. The summed E-state index contributed by atoms with van der Waals surface area (Å²) in [4.78, 5) is 41.9. The summed E-state index contributed by atoms with van der Waals surface area (Å²) in [5, 5.41) is 2.81. The van der Waals surface area contributed by atoms with Gasteiger partial charge in [-0.1, -0.05) is 31.9 Å². The van der Waals surface area contributed by atoms with Crippen LogP contribution in [0.4, 0.5) is 9.18 Å². The molecule has 2 saturated heterocycles. The molecule has 3 atom stereocenters. The minimum Gasteiger partial charge on any atom is -0.336 e. The lowest BCUT2D eigenvalue weighted by Crippen LogP contribution is -2.52. The number of urea groups is 1. The van der Waals surface area contributed by atoms with Crippen LogP contribution in [-0.4, -0.2) is 46.3 Å². The second-order valence-corrected chi connectivity index (χ2v) is 8.27. The number of hydrogen-bond acceptors (Lipinski definition) is 3. The first-order valence-electron chi connectivity index (χ1n) is 10.5. The number of imide groups is 1. The van der Waals surface area contributed by atoms with Gasteiger partial charge in [-0.25, -0.2) is 9.18 Å². The third-order valence-corrected chi connectivity index (χ3v) is 6.19. The molecule has 158 valence electrons. The molecule has 4 amide bonds. The molecule has 0 aliphatic carbocycles. The van der Waals surface area contributed by atoms with Gasteiger partial charge in [-0.3, -0.25) is 14.5 Å². The standard InChI is InChI=1S/C22H30FN3O3/c1-4-5-13-22(17-9-11-18(23)12-10-17)20(28)25(21(29)24-22)14-19(27)26-15(2)7-6-8-16(26)3/h9-12,15-16H,4-8,13-14H2,1-3H3,(H,24,29)/t15-,16+,22-/m1/s1. The third-order valence-electron chi connectivity index (χ3n) is 6.19. The largest absolute Gasteiger partial charge is 0.336 e. The number of benzene rings is 1. The lowest BCUT2D eigenvalue weighted by Gasteiger charge is -2.39. The van der Waals surface area contributed by atoms with Gasteiger partial charge in [0, 0.05) is 12.1 Å². The van der Waals surface area contributed by atoms with Crippen molar-refractivity contribution < 1.29 is 18.8 Å². The first-order chi connectivity index (χ1) is 13.8. The Kier molecular flexibility index (Phi) is 6.24. The second kappa shape index (κ2) is 8.51. The van der Waals surface area contributed by atoms with E-state index < -0.39 is 23.3 Å². The van der Waals surface area contributed by atoms with E-state index in [0.29, 0.717) is 18.4 Å². The number of carbonyl (C=O) groups excluding carboxylic acids is 3. The van der Waals surface area contributed by atoms with E-state index in [2.05, 4.69) is 5.32 Å². The number of unbranched alkanes of at least 4 members (excludes halogenated alkanes) is 1. The Morgan fingerprint density at radius 1 is 1.17 bits per heavy atom. The second-order valence-electron chi connectivity index (χ2n) is 8.27. The van der Waals surface area contributed by atoms with Crippen molar-refractivity contribution in [3.8, 4) is 0 Å². The predicted octanol–water partition coefficient (Wildman–Crippen LogP) is 3.55. The number of nitrogens with zero attached hydrogens (tertiary/aromatic N) is 2. The zero-order chi connectivity index (χ0) is 21.2. The minimum absolute atomic E-state index is 0.0916. The fourth-order valence-electron chi connectivity index (χ4n) is 4.59. The van der Waals surface area contributed by atoms with E-state index >= 15 is 0 Å². The molecule has 6 nitrogen and oxygen atoms in total. The number of carbonyl (C=O) groups is 3. The van der Waals surface area contributed by atoms with Crippen molar-refractivity contribution in [1.82, 2.24) is 15.1 Å². The van der Waals surface area contributed by atoms with E-state index in [-0.39, 0.29) is 24.5 Å². The van der Waals surface area contributed by atoms with Gasteiger partial charge >= 0.3 is 6.03 Å². The molecule has 2 fully saturated rings. The van der Waals surface area contributed by atoms with Crippen LogP contribution in [-0.2, 0) is 15.1 Å². The summed E-state index contributed by atoms with van der Waals surface area (Å²) < 4.78 is 13.4. The van der Waals surface area contributed by atoms with Crippen LogP contribution in [0.1, 0.15) is 64.9 Å². The number of likely N-dealkylation sites (tertiary alicyclic amines) is 1. The highest BCUT2D eigenvalue weighted by Crippen LogP contribution is 2.34. The zero-order valence-corrected chi connectivity index (χ0v) is 17.4. The number of rotatable bonds is 6. The Morgan fingerprint density at radius 3 is 2.38 bits per heavy atom. The van der Waals surface area contributed by atoms with Gasteiger partial charge in [-0.15, -0.1) is 0 Å². The van der Waals surface area contributed by atoms with Gasteiger partial charge in [0.15, 0.2) is 0 Å². The number of piperidine rings is 1. The summed E-state index contributed by atoms with van der Waals surface area (Å²) >= 11 is 0. The fourth-order valence-corrected chi connectivity index (χ4v) is 4.59. The van der Waals surface area contributed by atoms with Gasteiger partial charge in [0.05, 0.1) is 0 Å². The molecule has 1 aromatic carbocycles. The molecule has 0 unspecified atom stereocenters. The van der Waals surface area contributed by atoms with Gasteiger partial charge in [0.2, 0.25) is 5.91 Å². The van der Waals surface area contributed by atoms with E-state index in [1.165, 1.54) is 24.3 Å². The van der Waals surface area contributed by atoms with Gasteiger partial charge in [0.25, 0.3) is 5.91 Å². The quantitative estimate of drug-likeness (QED) is 0.739. The molecular weight excluding hydrogens is 373 g/mol. The van der Waals surface area contributed by atoms with Crippen LogP contribution in [0.2, 0.25) is 0 Å². The van der Waals surface area contributed by atoms with E-state index in [0.717, 1.165) is 30.6 Å². The zero-order valence-electron chi connectivity index (χ0n) is 17.4. The molecule has 1 aromatic rings. The van der Waals surface area contributed by atoms with Crippen molar-refractivity contribution in [2.75, 3.05) is 6.54 Å². The van der Waals surface area contributed by atoms with Crippen molar-refractivity contribution in [3.05, 3.63) is 35.6 Å². The van der Waals surface area contributed by atoms with Crippen LogP contribution in [0.3, 0.4) is 0 Å². The molecule has 2 aliphatic rings. The van der Waals surface area contributed by atoms with E-state index in [1.807, 2.05) is 20.8 Å². The maximum Gasteiger partial charge on any atom is 0.325 e. The summed E-state index contributed by atoms with van der Waals surface area (Å²) in [6.07, 6.45) is 4.87. The number of hydrogen-bond donors (Lipinski definition) is 1. The van der Waals surface area contributed by atoms with Gasteiger partial charge in [-0.2, -0.15) is 0 Å². The van der Waals surface area contributed by atoms with Crippen molar-refractivity contribution in [2.24, 2.45) is 0 Å². The summed E-state index contributed by atoms with van der Waals surface area (Å²) in [6, 6.07) is 5.25. The summed E-state index contributed by atoms with van der Waals surface area (Å²) in [5.74, 6) is -1.05. The van der Waals surface area contributed by atoms with Crippen molar-refractivity contribution in [3.63, 3.8) is 0 Å². The summed E-state index contributed by atoms with van der Waals surface area (Å²) in [7, 11) is 0. The van der Waals surface area contributed by atoms with E-state index in [9.17, 15) is 18.8 Å². The minimum atomic E-state index is -1.25. The highest BCUT2D eigenvalue weighted by molar-refractivity contribution is 6.09. The SMILES string of the molecule is CCCC[C@]1(c2ccc(F)cc2)NC(=O)N(CC(=O)N2[C@H](C)CCC[C@@H]2C)C1=O. The van der Waals surface area contributed by atoms with Crippen LogP contribution in [0, 0.1) is 5.82 Å². The van der Waals surface area contributed by atoms with Crippen LogP contribution in [0.15, 0.2) is 24.3 Å². The Labute approximate surface area is 171 Å². The molecule has 0 spiro atoms. The van der Waals surface area contributed by atoms with Crippen molar-refractivity contribution in [1.29, 1.82) is 0 Å². The monoisotopic (exact) mass is 403 g/mol. The molecule has 0 bridgehead atoms. The average molecular weight is 403 g/mol. The molecule has 0 aromatic heterocycles. The molecule has 7 heteroatoms. The normalized spacial score (nSPS) is 27.3. The average Bonchev–Trinajstić information content (AvgIpc) is 2.92. The molecule has 0 radical (unpaired) electrons. The van der Waals surface area contributed by atoms with Gasteiger partial charge in [0.1, 0.15) is 17.9 Å². The smallest absolute Gasteiger partial charge is 0.325 e. The molecular formula is C22H30FN3O3. The lowest BCUT2D eigenvalue weighted by atomic mass is 9.84. The molecule has 1 N–H and O–H groups in total. The Balaban J connectivity index is 1.85. The maximum atomic E-state index is 13.4. The summed E-state index contributed by atoms with van der Waals surface area (Å²) in [5.41, 5.74) is -0.708. The molecule has 3 rings (SSSR count). The molecule has 29 heavy (non-hydrogen) atoms. The Bertz CT molecular complexity index is 772. The number of amides is 4. The van der Waals surface area contributed by atoms with Crippen molar-refractivity contribution >= 4 is 17.8 Å². The van der Waals surface area contributed by atoms with Gasteiger partial charge < -0.3 is 10.2 Å². The Morgan fingerprint density at radius 2 is 1.79 bits per heavy atom. The lowest BCUT2D eigenvalue weighted by molar-refractivity contribution is -0.143. The topological polar surface area (TPSA) is 69.7 Å². The highest BCUT2D eigenvalue weighted by Gasteiger charge is 2.52. The fraction of sp³-hybridized carbons (Fsp3) is 0.591. The maximum absolute atomic E-state index is 13.4. The van der Waals surface area contributed by atoms with E-state index in [4.69, 9.17) is 0 Å². The van der Waals surface area contributed by atoms with Gasteiger partial charge in [-0.05, 0) is 57.2 Å². The van der Waals surface area contributed by atoms with Crippen LogP contribution in [0.25, 0.3) is 0 Å². The predicted molar refractivity (Wildman–Crippen MR) is 107 cm³/mol. The number of nitrogens with one attached hydrogen (secondary N) is 1. The molecule has 2 aliphatic heterocycles. The van der Waals surface area contributed by atoms with Crippen LogP contribution < -0.4 is 5.32 Å². The Hall–Kier alpha value is -2.44. The van der Waals surface area contributed by atoms with Crippen LogP contribution in [0.5, 0.6) is 0 Å². The van der Waals surface area contributed by atoms with E-state index in [1.54, 1.807) is 4.90 Å². The van der Waals surface area contributed by atoms with Crippen LogP contribution >= 0.6 is 0 Å². The molecule has 0 saturated carbocycles.